The van der Waals surface area contributed by atoms with Gasteiger partial charge in [0.05, 0.1) is 11.1 Å². The number of anilines is 1. The van der Waals surface area contributed by atoms with Gasteiger partial charge in [0.15, 0.2) is 5.13 Å². The first kappa shape index (κ1) is 23.2. The van der Waals surface area contributed by atoms with Gasteiger partial charge in [-0.1, -0.05) is 18.6 Å². The maximum Gasteiger partial charge on any atom is 0.417 e. The van der Waals surface area contributed by atoms with Crippen molar-refractivity contribution in [1.29, 1.82) is 0 Å². The molecule has 168 valence electrons. The first-order chi connectivity index (χ1) is 14.8. The third-order valence-corrected chi connectivity index (χ3v) is 6.04. The number of likely N-dealkylation sites (tertiary alicyclic amines) is 1. The zero-order valence-electron chi connectivity index (χ0n) is 17.2. The minimum absolute atomic E-state index is 0.0641. The van der Waals surface area contributed by atoms with Gasteiger partial charge in [0, 0.05) is 24.5 Å². The van der Waals surface area contributed by atoms with Crippen LogP contribution in [0.3, 0.4) is 0 Å². The van der Waals surface area contributed by atoms with Crippen LogP contribution in [0.15, 0.2) is 29.6 Å². The van der Waals surface area contributed by atoms with E-state index in [0.29, 0.717) is 12.6 Å². The normalized spacial score (nSPS) is 17.4. The molecule has 1 aliphatic heterocycles. The van der Waals surface area contributed by atoms with Crippen LogP contribution in [0, 0.1) is 0 Å². The second-order valence-corrected chi connectivity index (χ2v) is 8.38. The van der Waals surface area contributed by atoms with Gasteiger partial charge >= 0.3 is 6.18 Å². The summed E-state index contributed by atoms with van der Waals surface area (Å²) in [5, 5.41) is 6.67. The van der Waals surface area contributed by atoms with E-state index in [9.17, 15) is 22.8 Å². The van der Waals surface area contributed by atoms with Crippen LogP contribution < -0.4 is 10.6 Å². The van der Waals surface area contributed by atoms with Crippen molar-refractivity contribution in [2.24, 2.45) is 0 Å². The standard InChI is InChI=1S/C21H25F3N4O2S/c1-14-7-4-5-11-28(14)12-6-10-25-19(30)17-13-31-20(26-17)27-18(29)15-8-2-3-9-16(15)21(22,23)24/h2-3,8-9,13-14H,4-7,10-12H2,1H3,(H,25,30)(H,26,27,29). The number of carbonyl (C=O) groups excluding carboxylic acids is 2. The summed E-state index contributed by atoms with van der Waals surface area (Å²) in [6.45, 7) is 4.72. The van der Waals surface area contributed by atoms with Gasteiger partial charge in [0.2, 0.25) is 0 Å². The average Bonchev–Trinajstić information content (AvgIpc) is 3.20. The van der Waals surface area contributed by atoms with Crippen molar-refractivity contribution in [3.05, 3.63) is 46.5 Å². The third kappa shape index (κ3) is 6.27. The fourth-order valence-corrected chi connectivity index (χ4v) is 4.28. The lowest BCUT2D eigenvalue weighted by molar-refractivity contribution is -0.137. The van der Waals surface area contributed by atoms with E-state index >= 15 is 0 Å². The lowest BCUT2D eigenvalue weighted by atomic mass is 10.0. The highest BCUT2D eigenvalue weighted by Gasteiger charge is 2.35. The average molecular weight is 455 g/mol. The van der Waals surface area contributed by atoms with E-state index in [1.165, 1.54) is 36.8 Å². The Morgan fingerprint density at radius 3 is 2.74 bits per heavy atom. The van der Waals surface area contributed by atoms with Crippen LogP contribution in [0.2, 0.25) is 0 Å². The summed E-state index contributed by atoms with van der Waals surface area (Å²) in [6, 6.07) is 5.09. The molecule has 6 nitrogen and oxygen atoms in total. The number of hydrogen-bond donors (Lipinski definition) is 2. The van der Waals surface area contributed by atoms with Crippen LogP contribution in [0.5, 0.6) is 0 Å². The summed E-state index contributed by atoms with van der Waals surface area (Å²) in [6.07, 6.45) is -0.157. The zero-order valence-corrected chi connectivity index (χ0v) is 18.0. The second-order valence-electron chi connectivity index (χ2n) is 7.53. The van der Waals surface area contributed by atoms with E-state index in [1.807, 2.05) is 0 Å². The molecule has 1 saturated heterocycles. The minimum atomic E-state index is -4.64. The van der Waals surface area contributed by atoms with E-state index < -0.39 is 23.2 Å². The van der Waals surface area contributed by atoms with Crippen molar-refractivity contribution in [1.82, 2.24) is 15.2 Å². The molecule has 1 aromatic carbocycles. The number of piperidine rings is 1. The SMILES string of the molecule is CC1CCCCN1CCCNC(=O)c1csc(NC(=O)c2ccccc2C(F)(F)F)n1. The monoisotopic (exact) mass is 454 g/mol. The van der Waals surface area contributed by atoms with Crippen LogP contribution in [0.4, 0.5) is 18.3 Å². The molecule has 2 heterocycles. The predicted octanol–water partition coefficient (Wildman–Crippen LogP) is 4.41. The number of nitrogens with one attached hydrogen (secondary N) is 2. The lowest BCUT2D eigenvalue weighted by Crippen LogP contribution is -2.39. The topological polar surface area (TPSA) is 74.3 Å². The van der Waals surface area contributed by atoms with Crippen LogP contribution in [-0.2, 0) is 6.18 Å². The summed E-state index contributed by atoms with van der Waals surface area (Å²) in [5.74, 6) is -1.30. The molecule has 0 bridgehead atoms. The number of halogens is 3. The van der Waals surface area contributed by atoms with E-state index in [0.717, 1.165) is 43.0 Å². The number of aromatic nitrogens is 1. The smallest absolute Gasteiger partial charge is 0.351 e. The van der Waals surface area contributed by atoms with Gasteiger partial charge in [-0.2, -0.15) is 13.2 Å². The highest BCUT2D eigenvalue weighted by Crippen LogP contribution is 2.32. The number of alkyl halides is 3. The number of rotatable bonds is 7. The number of benzene rings is 1. The molecule has 1 fully saturated rings. The maximum absolute atomic E-state index is 13.1. The van der Waals surface area contributed by atoms with Crippen molar-refractivity contribution in [2.75, 3.05) is 25.0 Å². The number of amides is 2. The molecule has 2 amide bonds. The maximum atomic E-state index is 13.1. The molecule has 2 N–H and O–H groups in total. The lowest BCUT2D eigenvalue weighted by Gasteiger charge is -2.33. The number of hydrogen-bond acceptors (Lipinski definition) is 5. The summed E-state index contributed by atoms with van der Waals surface area (Å²) in [5.41, 5.74) is -1.40. The van der Waals surface area contributed by atoms with Crippen molar-refractivity contribution in [2.45, 2.75) is 44.8 Å². The molecular formula is C21H25F3N4O2S. The van der Waals surface area contributed by atoms with Crippen LogP contribution >= 0.6 is 11.3 Å². The van der Waals surface area contributed by atoms with Gasteiger partial charge in [-0.15, -0.1) is 11.3 Å². The molecule has 31 heavy (non-hydrogen) atoms. The Hall–Kier alpha value is -2.46. The van der Waals surface area contributed by atoms with Crippen molar-refractivity contribution >= 4 is 28.3 Å². The Bertz CT molecular complexity index is 916. The Morgan fingerprint density at radius 2 is 2.00 bits per heavy atom. The molecule has 0 spiro atoms. The molecule has 1 atom stereocenters. The Morgan fingerprint density at radius 1 is 1.23 bits per heavy atom. The Labute approximate surface area is 182 Å². The molecule has 1 unspecified atom stereocenters. The fourth-order valence-electron chi connectivity index (χ4n) is 3.59. The van der Waals surface area contributed by atoms with Crippen molar-refractivity contribution < 1.29 is 22.8 Å². The molecule has 0 radical (unpaired) electrons. The molecular weight excluding hydrogens is 429 g/mol. The van der Waals surface area contributed by atoms with Crippen LogP contribution in [-0.4, -0.2) is 47.4 Å². The Balaban J connectivity index is 1.51. The molecule has 2 aromatic rings. The van der Waals surface area contributed by atoms with Gasteiger partial charge in [-0.05, 0) is 44.9 Å². The first-order valence-corrected chi connectivity index (χ1v) is 11.1. The quantitative estimate of drug-likeness (QED) is 0.608. The summed E-state index contributed by atoms with van der Waals surface area (Å²) in [4.78, 5) is 31.0. The van der Waals surface area contributed by atoms with Gasteiger partial charge < -0.3 is 10.2 Å². The summed E-state index contributed by atoms with van der Waals surface area (Å²) >= 11 is 0.983. The van der Waals surface area contributed by atoms with Gasteiger partial charge in [0.25, 0.3) is 11.8 Å². The number of carbonyl (C=O) groups is 2. The summed E-state index contributed by atoms with van der Waals surface area (Å²) in [7, 11) is 0. The molecule has 1 aliphatic rings. The molecule has 1 aromatic heterocycles. The van der Waals surface area contributed by atoms with Crippen LogP contribution in [0.25, 0.3) is 0 Å². The van der Waals surface area contributed by atoms with Gasteiger partial charge in [0.1, 0.15) is 5.69 Å². The molecule has 10 heteroatoms. The minimum Gasteiger partial charge on any atom is -0.351 e. The van der Waals surface area contributed by atoms with E-state index in [-0.39, 0.29) is 16.7 Å². The summed E-state index contributed by atoms with van der Waals surface area (Å²) < 4.78 is 39.3. The van der Waals surface area contributed by atoms with E-state index in [1.54, 1.807) is 0 Å². The molecule has 0 saturated carbocycles. The van der Waals surface area contributed by atoms with E-state index in [2.05, 4.69) is 27.4 Å². The largest absolute Gasteiger partial charge is 0.417 e. The van der Waals surface area contributed by atoms with Gasteiger partial charge in [-0.25, -0.2) is 4.98 Å². The second kappa shape index (κ2) is 10.2. The van der Waals surface area contributed by atoms with Crippen molar-refractivity contribution in [3.8, 4) is 0 Å². The zero-order chi connectivity index (χ0) is 22.4. The molecule has 0 aliphatic carbocycles. The van der Waals surface area contributed by atoms with Crippen molar-refractivity contribution in [3.63, 3.8) is 0 Å². The fraction of sp³-hybridized carbons (Fsp3) is 0.476. The third-order valence-electron chi connectivity index (χ3n) is 5.28. The highest BCUT2D eigenvalue weighted by molar-refractivity contribution is 7.14. The van der Waals surface area contributed by atoms with Gasteiger partial charge in [-0.3, -0.25) is 14.9 Å². The van der Waals surface area contributed by atoms with Crippen LogP contribution in [0.1, 0.15) is 59.0 Å². The Kier molecular flexibility index (Phi) is 7.66. The first-order valence-electron chi connectivity index (χ1n) is 10.2. The predicted molar refractivity (Wildman–Crippen MR) is 113 cm³/mol. The number of thiazole rings is 1. The highest BCUT2D eigenvalue weighted by atomic mass is 32.1. The van der Waals surface area contributed by atoms with E-state index in [4.69, 9.17) is 0 Å². The number of nitrogens with zero attached hydrogens (tertiary/aromatic N) is 2. The molecule has 3 rings (SSSR count).